The first-order chi connectivity index (χ1) is 14.6. The molecule has 0 atom stereocenters. The molecule has 0 aliphatic rings. The van der Waals surface area contributed by atoms with Crippen LogP contribution in [0.15, 0.2) is 60.7 Å². The van der Waals surface area contributed by atoms with Crippen molar-refractivity contribution in [2.45, 2.75) is 0 Å². The van der Waals surface area contributed by atoms with Crippen LogP contribution < -0.4 is 14.2 Å². The van der Waals surface area contributed by atoms with Crippen LogP contribution in [-0.2, 0) is 0 Å². The number of aromatic nitrogens is 1. The van der Waals surface area contributed by atoms with Gasteiger partial charge in [0.15, 0.2) is 17.3 Å². The molecule has 0 unspecified atom stereocenters. The Hall–Kier alpha value is -3.44. The highest BCUT2D eigenvalue weighted by Gasteiger charge is 2.24. The maximum atomic E-state index is 13.7. The molecule has 1 N–H and O–H groups in total. The minimum absolute atomic E-state index is 0.179. The molecular weight excluding hydrogens is 402 g/mol. The SMILES string of the molecule is COc1cc(C(=O)c2c(-c3ccccc3)[nH]c3c(Cl)cccc23)cc(OC)c1OC. The van der Waals surface area contributed by atoms with Gasteiger partial charge in [-0.05, 0) is 23.8 Å². The van der Waals surface area contributed by atoms with Crippen molar-refractivity contribution in [3.63, 3.8) is 0 Å². The summed E-state index contributed by atoms with van der Waals surface area (Å²) in [4.78, 5) is 17.1. The first-order valence-electron chi connectivity index (χ1n) is 9.29. The van der Waals surface area contributed by atoms with Crippen LogP contribution in [0.1, 0.15) is 15.9 Å². The maximum absolute atomic E-state index is 13.7. The number of halogens is 1. The van der Waals surface area contributed by atoms with Crippen molar-refractivity contribution < 1.29 is 19.0 Å². The Labute approximate surface area is 179 Å². The van der Waals surface area contributed by atoms with Gasteiger partial charge >= 0.3 is 0 Å². The zero-order chi connectivity index (χ0) is 21.3. The molecule has 0 saturated carbocycles. The fourth-order valence-electron chi connectivity index (χ4n) is 3.60. The summed E-state index contributed by atoms with van der Waals surface area (Å²) < 4.78 is 16.2. The number of para-hydroxylation sites is 1. The first kappa shape index (κ1) is 19.9. The molecule has 30 heavy (non-hydrogen) atoms. The summed E-state index contributed by atoms with van der Waals surface area (Å²) in [5, 5.41) is 1.30. The van der Waals surface area contributed by atoms with E-state index < -0.39 is 0 Å². The van der Waals surface area contributed by atoms with Crippen LogP contribution in [0.25, 0.3) is 22.2 Å². The number of nitrogens with one attached hydrogen (secondary N) is 1. The van der Waals surface area contributed by atoms with Gasteiger partial charge in [0.05, 0.1) is 43.1 Å². The zero-order valence-electron chi connectivity index (χ0n) is 16.8. The second-order valence-corrected chi connectivity index (χ2v) is 7.05. The number of ether oxygens (including phenoxy) is 3. The first-order valence-corrected chi connectivity index (χ1v) is 9.67. The number of methoxy groups -OCH3 is 3. The molecule has 1 aromatic heterocycles. The van der Waals surface area contributed by atoms with E-state index in [0.717, 1.165) is 10.9 Å². The number of fused-ring (bicyclic) bond motifs is 1. The van der Waals surface area contributed by atoms with Gasteiger partial charge in [-0.25, -0.2) is 0 Å². The predicted molar refractivity (Wildman–Crippen MR) is 118 cm³/mol. The molecule has 4 aromatic rings. The Balaban J connectivity index is 1.98. The van der Waals surface area contributed by atoms with Crippen molar-refractivity contribution in [3.8, 4) is 28.5 Å². The molecule has 152 valence electrons. The molecule has 0 radical (unpaired) electrons. The third-order valence-corrected chi connectivity index (χ3v) is 5.31. The van der Waals surface area contributed by atoms with Crippen LogP contribution >= 0.6 is 11.6 Å². The van der Waals surface area contributed by atoms with E-state index >= 15 is 0 Å². The minimum Gasteiger partial charge on any atom is -0.493 e. The second-order valence-electron chi connectivity index (χ2n) is 6.65. The van der Waals surface area contributed by atoms with Crippen molar-refractivity contribution in [2.75, 3.05) is 21.3 Å². The third-order valence-electron chi connectivity index (χ3n) is 5.00. The van der Waals surface area contributed by atoms with Crippen LogP contribution in [0.3, 0.4) is 0 Å². The normalized spacial score (nSPS) is 10.8. The average molecular weight is 422 g/mol. The van der Waals surface area contributed by atoms with Crippen LogP contribution in [-0.4, -0.2) is 32.1 Å². The van der Waals surface area contributed by atoms with Gasteiger partial charge in [0.1, 0.15) is 0 Å². The number of hydrogen-bond acceptors (Lipinski definition) is 4. The lowest BCUT2D eigenvalue weighted by atomic mass is 9.96. The number of ketones is 1. The summed E-state index contributed by atoms with van der Waals surface area (Å²) in [6.07, 6.45) is 0. The summed E-state index contributed by atoms with van der Waals surface area (Å²) >= 11 is 6.42. The third kappa shape index (κ3) is 3.27. The van der Waals surface area contributed by atoms with Crippen molar-refractivity contribution in [3.05, 3.63) is 76.8 Å². The van der Waals surface area contributed by atoms with Crippen molar-refractivity contribution in [1.82, 2.24) is 4.98 Å². The predicted octanol–water partition coefficient (Wildman–Crippen LogP) is 5.75. The molecule has 4 rings (SSSR count). The van der Waals surface area contributed by atoms with E-state index in [0.29, 0.717) is 44.6 Å². The summed E-state index contributed by atoms with van der Waals surface area (Å²) in [6, 6.07) is 18.5. The molecule has 0 amide bonds. The molecule has 0 aliphatic heterocycles. The summed E-state index contributed by atoms with van der Waals surface area (Å²) in [6.45, 7) is 0. The molecule has 3 aromatic carbocycles. The van der Waals surface area contributed by atoms with E-state index in [4.69, 9.17) is 25.8 Å². The number of carbonyl (C=O) groups excluding carboxylic acids is 1. The Morgan fingerprint density at radius 1 is 0.867 bits per heavy atom. The van der Waals surface area contributed by atoms with E-state index in [1.54, 1.807) is 18.2 Å². The van der Waals surface area contributed by atoms with Gasteiger partial charge in [-0.2, -0.15) is 0 Å². The van der Waals surface area contributed by atoms with Gasteiger partial charge in [0.25, 0.3) is 0 Å². The smallest absolute Gasteiger partial charge is 0.203 e. The maximum Gasteiger partial charge on any atom is 0.203 e. The lowest BCUT2D eigenvalue weighted by molar-refractivity contribution is 0.104. The van der Waals surface area contributed by atoms with Crippen molar-refractivity contribution in [1.29, 1.82) is 0 Å². The van der Waals surface area contributed by atoms with Gasteiger partial charge in [-0.3, -0.25) is 4.79 Å². The van der Waals surface area contributed by atoms with Gasteiger partial charge < -0.3 is 19.2 Å². The van der Waals surface area contributed by atoms with Crippen LogP contribution in [0, 0.1) is 0 Å². The standard InChI is InChI=1S/C24H20ClNO4/c1-28-18-12-15(13-19(29-2)24(18)30-3)23(27)20-16-10-7-11-17(25)22(16)26-21(20)14-8-5-4-6-9-14/h4-13,26H,1-3H3. The topological polar surface area (TPSA) is 60.6 Å². The lowest BCUT2D eigenvalue weighted by Crippen LogP contribution is -2.05. The minimum atomic E-state index is -0.179. The number of rotatable bonds is 6. The highest BCUT2D eigenvalue weighted by Crippen LogP contribution is 2.40. The van der Waals surface area contributed by atoms with Gasteiger partial charge in [-0.15, -0.1) is 0 Å². The number of aromatic amines is 1. The molecule has 0 fully saturated rings. The van der Waals surface area contributed by atoms with Crippen LogP contribution in [0.4, 0.5) is 0 Å². The van der Waals surface area contributed by atoms with Gasteiger partial charge in [-0.1, -0.05) is 54.1 Å². The quantitative estimate of drug-likeness (QED) is 0.403. The molecule has 0 bridgehead atoms. The highest BCUT2D eigenvalue weighted by molar-refractivity contribution is 6.36. The Morgan fingerprint density at radius 2 is 1.53 bits per heavy atom. The van der Waals surface area contributed by atoms with Crippen molar-refractivity contribution >= 4 is 28.3 Å². The molecule has 0 aliphatic carbocycles. The summed E-state index contributed by atoms with van der Waals surface area (Å²) in [5.74, 6) is 1.09. The van der Waals surface area contributed by atoms with E-state index in [-0.39, 0.29) is 5.78 Å². The highest BCUT2D eigenvalue weighted by atomic mass is 35.5. The summed E-state index contributed by atoms with van der Waals surface area (Å²) in [7, 11) is 4.57. The van der Waals surface area contributed by atoms with Gasteiger partial charge in [0, 0.05) is 10.9 Å². The Morgan fingerprint density at radius 3 is 2.13 bits per heavy atom. The fourth-order valence-corrected chi connectivity index (χ4v) is 3.82. The molecule has 5 nitrogen and oxygen atoms in total. The number of H-pyrrole nitrogens is 1. The Bertz CT molecular complexity index is 1210. The van der Waals surface area contributed by atoms with E-state index in [1.807, 2.05) is 42.5 Å². The number of hydrogen-bond donors (Lipinski definition) is 1. The molecule has 1 heterocycles. The monoisotopic (exact) mass is 421 g/mol. The van der Waals surface area contributed by atoms with Crippen LogP contribution in [0.2, 0.25) is 5.02 Å². The lowest BCUT2D eigenvalue weighted by Gasteiger charge is -2.14. The molecule has 6 heteroatoms. The summed E-state index contributed by atoms with van der Waals surface area (Å²) in [5.41, 5.74) is 3.27. The van der Waals surface area contributed by atoms with E-state index in [9.17, 15) is 4.79 Å². The van der Waals surface area contributed by atoms with E-state index in [1.165, 1.54) is 21.3 Å². The molecule has 0 spiro atoms. The van der Waals surface area contributed by atoms with Crippen molar-refractivity contribution in [2.24, 2.45) is 0 Å². The Kier molecular flexibility index (Phi) is 5.38. The molecular formula is C24H20ClNO4. The number of benzene rings is 3. The number of carbonyl (C=O) groups is 1. The largest absolute Gasteiger partial charge is 0.493 e. The average Bonchev–Trinajstić information content (AvgIpc) is 3.19. The fraction of sp³-hybridized carbons (Fsp3) is 0.125. The second kappa shape index (κ2) is 8.13. The van der Waals surface area contributed by atoms with Crippen LogP contribution in [0.5, 0.6) is 17.2 Å². The van der Waals surface area contributed by atoms with Gasteiger partial charge in [0.2, 0.25) is 5.75 Å². The molecule has 0 saturated heterocycles. The van der Waals surface area contributed by atoms with E-state index in [2.05, 4.69) is 4.98 Å². The zero-order valence-corrected chi connectivity index (χ0v) is 17.5.